The first-order chi connectivity index (χ1) is 10.6. The van der Waals surface area contributed by atoms with Gasteiger partial charge >= 0.3 is 0 Å². The second kappa shape index (κ2) is 8.93. The van der Waals surface area contributed by atoms with Crippen LogP contribution in [0.25, 0.3) is 0 Å². The molecule has 1 fully saturated rings. The smallest absolute Gasteiger partial charge is 0.223 e. The molecule has 0 bridgehead atoms. The molecule has 23 heavy (non-hydrogen) atoms. The van der Waals surface area contributed by atoms with Crippen molar-refractivity contribution in [2.24, 2.45) is 5.92 Å². The molecule has 1 aliphatic heterocycles. The summed E-state index contributed by atoms with van der Waals surface area (Å²) in [5, 5.41) is 6.11. The van der Waals surface area contributed by atoms with Gasteiger partial charge in [-0.15, -0.1) is 12.4 Å². The summed E-state index contributed by atoms with van der Waals surface area (Å²) in [7, 11) is 2.96. The average Bonchev–Trinajstić information content (AvgIpc) is 2.55. The van der Waals surface area contributed by atoms with Crippen molar-refractivity contribution in [2.75, 3.05) is 27.3 Å². The predicted molar refractivity (Wildman–Crippen MR) is 88.9 cm³/mol. The molecule has 5 nitrogen and oxygen atoms in total. The molecule has 0 radical (unpaired) electrons. The molecule has 0 aromatic heterocycles. The summed E-state index contributed by atoms with van der Waals surface area (Å²) < 4.78 is 24.5. The van der Waals surface area contributed by atoms with Crippen molar-refractivity contribution in [3.8, 4) is 11.5 Å². The zero-order valence-electron chi connectivity index (χ0n) is 13.6. The minimum Gasteiger partial charge on any atom is -0.493 e. The van der Waals surface area contributed by atoms with Crippen molar-refractivity contribution in [3.05, 3.63) is 23.5 Å². The monoisotopic (exact) mass is 346 g/mol. The Bertz CT molecular complexity index is 536. The average molecular weight is 347 g/mol. The second-order valence-electron chi connectivity index (χ2n) is 5.48. The number of piperidine rings is 1. The summed E-state index contributed by atoms with van der Waals surface area (Å²) in [6.07, 6.45) is 1.62. The van der Waals surface area contributed by atoms with E-state index in [2.05, 4.69) is 10.6 Å². The summed E-state index contributed by atoms with van der Waals surface area (Å²) in [6, 6.07) is 2.42. The molecule has 1 amide bonds. The molecule has 1 aromatic carbocycles. The van der Waals surface area contributed by atoms with E-state index >= 15 is 0 Å². The number of rotatable bonds is 5. The molecule has 2 N–H and O–H groups in total. The zero-order chi connectivity index (χ0) is 16.1. The molecule has 1 heterocycles. The van der Waals surface area contributed by atoms with Crippen molar-refractivity contribution in [1.82, 2.24) is 10.6 Å². The van der Waals surface area contributed by atoms with Crippen LogP contribution in [0, 0.1) is 11.7 Å². The fourth-order valence-electron chi connectivity index (χ4n) is 2.69. The van der Waals surface area contributed by atoms with E-state index in [1.807, 2.05) is 0 Å². The highest BCUT2D eigenvalue weighted by atomic mass is 35.5. The summed E-state index contributed by atoms with van der Waals surface area (Å²) in [6.45, 7) is 3.46. The van der Waals surface area contributed by atoms with Crippen LogP contribution in [0.15, 0.2) is 12.1 Å². The van der Waals surface area contributed by atoms with E-state index in [1.165, 1.54) is 20.3 Å². The standard InChI is InChI=1S/C16H23FN2O3.ClH/c1-10(19-16(20)11-4-6-18-7-5-11)12-8-14(21-2)15(22-3)9-13(12)17;/h8-11,18H,4-7H2,1-3H3,(H,19,20);1H. The van der Waals surface area contributed by atoms with E-state index in [-0.39, 0.29) is 24.2 Å². The maximum absolute atomic E-state index is 14.2. The third kappa shape index (κ3) is 4.72. The Morgan fingerprint density at radius 1 is 1.26 bits per heavy atom. The summed E-state index contributed by atoms with van der Waals surface area (Å²) in [5.74, 6) is 0.327. The molecule has 1 saturated heterocycles. The number of carbonyl (C=O) groups excluding carboxylic acids is 1. The Kier molecular flexibility index (Phi) is 7.58. The molecular weight excluding hydrogens is 323 g/mol. The van der Waals surface area contributed by atoms with Gasteiger partial charge in [0.1, 0.15) is 5.82 Å². The molecule has 1 unspecified atom stereocenters. The second-order valence-corrected chi connectivity index (χ2v) is 5.48. The van der Waals surface area contributed by atoms with E-state index in [0.717, 1.165) is 25.9 Å². The van der Waals surface area contributed by atoms with Crippen LogP contribution in [0.2, 0.25) is 0 Å². The molecule has 0 aliphatic carbocycles. The normalized spacial score (nSPS) is 16.2. The third-order valence-electron chi connectivity index (χ3n) is 4.04. The summed E-state index contributed by atoms with van der Waals surface area (Å²) in [4.78, 5) is 12.3. The van der Waals surface area contributed by atoms with Gasteiger partial charge in [0.25, 0.3) is 0 Å². The molecule has 1 aromatic rings. The largest absolute Gasteiger partial charge is 0.493 e. The van der Waals surface area contributed by atoms with Gasteiger partial charge in [-0.1, -0.05) is 0 Å². The first-order valence-corrected chi connectivity index (χ1v) is 7.49. The molecule has 2 rings (SSSR count). The minimum absolute atomic E-state index is 0. The quantitative estimate of drug-likeness (QED) is 0.859. The zero-order valence-corrected chi connectivity index (χ0v) is 14.5. The molecule has 0 spiro atoms. The Morgan fingerprint density at radius 2 is 1.83 bits per heavy atom. The van der Waals surface area contributed by atoms with Crippen LogP contribution in [0.4, 0.5) is 4.39 Å². The van der Waals surface area contributed by atoms with Crippen LogP contribution in [-0.2, 0) is 4.79 Å². The van der Waals surface area contributed by atoms with Crippen molar-refractivity contribution in [1.29, 1.82) is 0 Å². The van der Waals surface area contributed by atoms with Crippen molar-refractivity contribution < 1.29 is 18.7 Å². The van der Waals surface area contributed by atoms with Crippen molar-refractivity contribution in [2.45, 2.75) is 25.8 Å². The lowest BCUT2D eigenvalue weighted by molar-refractivity contribution is -0.126. The van der Waals surface area contributed by atoms with E-state index < -0.39 is 11.9 Å². The van der Waals surface area contributed by atoms with E-state index in [4.69, 9.17) is 9.47 Å². The predicted octanol–water partition coefficient (Wildman–Crippen LogP) is 2.44. The number of benzene rings is 1. The van der Waals surface area contributed by atoms with E-state index in [0.29, 0.717) is 17.1 Å². The maximum Gasteiger partial charge on any atom is 0.223 e. The van der Waals surface area contributed by atoms with Gasteiger partial charge in [-0.3, -0.25) is 4.79 Å². The van der Waals surface area contributed by atoms with Gasteiger partial charge in [0.15, 0.2) is 11.5 Å². The number of carbonyl (C=O) groups is 1. The Labute approximate surface area is 142 Å². The Morgan fingerprint density at radius 3 is 2.39 bits per heavy atom. The highest BCUT2D eigenvalue weighted by Crippen LogP contribution is 2.32. The third-order valence-corrected chi connectivity index (χ3v) is 4.04. The molecule has 0 saturated carbocycles. The van der Waals surface area contributed by atoms with Crippen LogP contribution in [0.5, 0.6) is 11.5 Å². The first-order valence-electron chi connectivity index (χ1n) is 7.49. The molecule has 130 valence electrons. The lowest BCUT2D eigenvalue weighted by atomic mass is 9.96. The van der Waals surface area contributed by atoms with Crippen LogP contribution >= 0.6 is 12.4 Å². The number of hydrogen-bond acceptors (Lipinski definition) is 4. The van der Waals surface area contributed by atoms with E-state index in [9.17, 15) is 9.18 Å². The lowest BCUT2D eigenvalue weighted by Gasteiger charge is -2.24. The number of amides is 1. The summed E-state index contributed by atoms with van der Waals surface area (Å²) >= 11 is 0. The Hall–Kier alpha value is -1.53. The first kappa shape index (κ1) is 19.5. The number of halogens is 2. The van der Waals surface area contributed by atoms with Gasteiger partial charge in [0.05, 0.1) is 20.3 Å². The van der Waals surface area contributed by atoms with Gasteiger partial charge in [0, 0.05) is 17.5 Å². The van der Waals surface area contributed by atoms with Crippen molar-refractivity contribution >= 4 is 18.3 Å². The number of hydrogen-bond donors (Lipinski definition) is 2. The van der Waals surface area contributed by atoms with E-state index in [1.54, 1.807) is 13.0 Å². The van der Waals surface area contributed by atoms with Gasteiger partial charge in [0.2, 0.25) is 5.91 Å². The van der Waals surface area contributed by atoms with Crippen LogP contribution < -0.4 is 20.1 Å². The number of nitrogens with one attached hydrogen (secondary N) is 2. The van der Waals surface area contributed by atoms with Crippen LogP contribution in [0.1, 0.15) is 31.4 Å². The van der Waals surface area contributed by atoms with Gasteiger partial charge in [-0.05, 0) is 38.9 Å². The molecule has 1 aliphatic rings. The molecule has 7 heteroatoms. The fraction of sp³-hybridized carbons (Fsp3) is 0.562. The van der Waals surface area contributed by atoms with Crippen molar-refractivity contribution in [3.63, 3.8) is 0 Å². The van der Waals surface area contributed by atoms with Gasteiger partial charge in [-0.2, -0.15) is 0 Å². The SMILES string of the molecule is COc1cc(F)c(C(C)NC(=O)C2CCNCC2)cc1OC.Cl. The lowest BCUT2D eigenvalue weighted by Crippen LogP contribution is -2.39. The van der Waals surface area contributed by atoms with Crippen LogP contribution in [0.3, 0.4) is 0 Å². The number of methoxy groups -OCH3 is 2. The number of ether oxygens (including phenoxy) is 2. The molecule has 1 atom stereocenters. The highest BCUT2D eigenvalue weighted by Gasteiger charge is 2.24. The van der Waals surface area contributed by atoms with Gasteiger partial charge in [-0.25, -0.2) is 4.39 Å². The van der Waals surface area contributed by atoms with Crippen LogP contribution in [-0.4, -0.2) is 33.2 Å². The topological polar surface area (TPSA) is 59.6 Å². The fourth-order valence-corrected chi connectivity index (χ4v) is 2.69. The molecular formula is C16H24ClFN2O3. The summed E-state index contributed by atoms with van der Waals surface area (Å²) in [5.41, 5.74) is 0.389. The highest BCUT2D eigenvalue weighted by molar-refractivity contribution is 5.85. The Balaban J connectivity index is 0.00000264. The maximum atomic E-state index is 14.2. The minimum atomic E-state index is -0.429. The van der Waals surface area contributed by atoms with Gasteiger partial charge < -0.3 is 20.1 Å².